The van der Waals surface area contributed by atoms with Crippen LogP contribution in [0.25, 0.3) is 34.6 Å². The second-order valence-electron chi connectivity index (χ2n) is 9.30. The quantitative estimate of drug-likeness (QED) is 0.373. The van der Waals surface area contributed by atoms with Gasteiger partial charge in [-0.25, -0.2) is 4.98 Å². The Morgan fingerprint density at radius 1 is 1.03 bits per heavy atom. The summed E-state index contributed by atoms with van der Waals surface area (Å²) < 4.78 is 1.73. The average Bonchev–Trinajstić information content (AvgIpc) is 3.31. The van der Waals surface area contributed by atoms with E-state index in [-0.39, 0.29) is 0 Å². The molecular formula is C30H34N6. The Hall–Kier alpha value is -3.93. The van der Waals surface area contributed by atoms with Gasteiger partial charge in [0.1, 0.15) is 0 Å². The molecule has 1 saturated heterocycles. The lowest BCUT2D eigenvalue weighted by atomic mass is 9.92. The third-order valence-corrected chi connectivity index (χ3v) is 7.01. The van der Waals surface area contributed by atoms with Gasteiger partial charge in [0.05, 0.1) is 17.6 Å². The lowest BCUT2D eigenvalue weighted by molar-refractivity contribution is 0.254. The molecule has 0 saturated carbocycles. The van der Waals surface area contributed by atoms with Crippen LogP contribution in [0.15, 0.2) is 78.9 Å². The SMILES string of the molecule is C=c1cc[nH]n2ncc(-c3ccc(-c4ccccc4)nc3)c2nc1C1CCN(C(=CCC)CC)CC1. The van der Waals surface area contributed by atoms with Gasteiger partial charge >= 0.3 is 0 Å². The third kappa shape index (κ3) is 4.89. The molecule has 5 rings (SSSR count). The number of pyridine rings is 1. The zero-order valence-electron chi connectivity index (χ0n) is 21.2. The van der Waals surface area contributed by atoms with Crippen LogP contribution >= 0.6 is 0 Å². The van der Waals surface area contributed by atoms with E-state index in [0.29, 0.717) is 5.92 Å². The Bertz CT molecular complexity index is 1420. The molecule has 1 aliphatic heterocycles. The van der Waals surface area contributed by atoms with Gasteiger partial charge in [-0.2, -0.15) is 9.73 Å². The van der Waals surface area contributed by atoms with Crippen LogP contribution in [0.4, 0.5) is 0 Å². The molecule has 4 heterocycles. The Kier molecular flexibility index (Phi) is 7.12. The van der Waals surface area contributed by atoms with Crippen molar-refractivity contribution < 1.29 is 0 Å². The lowest BCUT2D eigenvalue weighted by Gasteiger charge is -2.35. The summed E-state index contributed by atoms with van der Waals surface area (Å²) in [6.45, 7) is 10.9. The largest absolute Gasteiger partial charge is 0.375 e. The van der Waals surface area contributed by atoms with Gasteiger partial charge in [0.2, 0.25) is 0 Å². The fourth-order valence-corrected chi connectivity index (χ4v) is 5.09. The third-order valence-electron chi connectivity index (χ3n) is 7.01. The fraction of sp³-hybridized carbons (Fsp3) is 0.300. The highest BCUT2D eigenvalue weighted by Gasteiger charge is 2.23. The van der Waals surface area contributed by atoms with Gasteiger partial charge < -0.3 is 4.90 Å². The van der Waals surface area contributed by atoms with Crippen LogP contribution in [0.1, 0.15) is 51.1 Å². The minimum absolute atomic E-state index is 0.367. The maximum absolute atomic E-state index is 5.19. The number of piperidine rings is 1. The maximum Gasteiger partial charge on any atom is 0.181 e. The predicted molar refractivity (Wildman–Crippen MR) is 147 cm³/mol. The summed E-state index contributed by atoms with van der Waals surface area (Å²) in [7, 11) is 0. The van der Waals surface area contributed by atoms with E-state index in [1.165, 1.54) is 5.70 Å². The number of hydrogen-bond donors (Lipinski definition) is 1. The Morgan fingerprint density at radius 3 is 2.53 bits per heavy atom. The van der Waals surface area contributed by atoms with Crippen molar-refractivity contribution in [1.29, 1.82) is 0 Å². The number of hydrogen-bond acceptors (Lipinski definition) is 4. The molecule has 6 heteroatoms. The summed E-state index contributed by atoms with van der Waals surface area (Å²) in [6, 6.07) is 16.4. The first-order valence-electron chi connectivity index (χ1n) is 12.9. The number of allylic oxidation sites excluding steroid dienone is 2. The van der Waals surface area contributed by atoms with Gasteiger partial charge in [-0.15, -0.1) is 0 Å². The number of aromatic amines is 1. The number of nitrogens with zero attached hydrogens (tertiary/aromatic N) is 5. The van der Waals surface area contributed by atoms with Crippen molar-refractivity contribution in [3.63, 3.8) is 0 Å². The predicted octanol–water partition coefficient (Wildman–Crippen LogP) is 5.92. The van der Waals surface area contributed by atoms with Crippen molar-refractivity contribution in [2.24, 2.45) is 0 Å². The fourth-order valence-electron chi connectivity index (χ4n) is 5.09. The van der Waals surface area contributed by atoms with Gasteiger partial charge in [-0.3, -0.25) is 10.1 Å². The number of H-pyrrole nitrogens is 1. The normalized spacial score (nSPS) is 14.8. The zero-order valence-corrected chi connectivity index (χ0v) is 21.2. The van der Waals surface area contributed by atoms with Crippen LogP contribution in [-0.2, 0) is 0 Å². The van der Waals surface area contributed by atoms with E-state index in [1.807, 2.05) is 42.9 Å². The van der Waals surface area contributed by atoms with Crippen molar-refractivity contribution in [3.8, 4) is 22.4 Å². The lowest BCUT2D eigenvalue weighted by Crippen LogP contribution is -2.33. The topological polar surface area (TPSA) is 62.1 Å². The molecule has 1 aliphatic rings. The molecule has 1 N–H and O–H groups in total. The number of rotatable bonds is 6. The van der Waals surface area contributed by atoms with E-state index in [4.69, 9.17) is 9.97 Å². The standard InChI is InChI=1S/C30H34N6/c1-4-9-26(5-2)35-18-15-24(16-19-35)29-22(3)14-17-32-36-30(34-29)27(21-33-36)25-12-13-28(31-20-25)23-10-7-6-8-11-23/h6-14,17,20-21,24,32H,3-5,15-16,18-19H2,1-2H3. The molecular weight excluding hydrogens is 444 g/mol. The molecule has 0 amide bonds. The molecule has 0 radical (unpaired) electrons. The summed E-state index contributed by atoms with van der Waals surface area (Å²) in [5.41, 5.74) is 7.29. The summed E-state index contributed by atoms with van der Waals surface area (Å²) in [5, 5.41) is 8.73. The van der Waals surface area contributed by atoms with Crippen molar-refractivity contribution in [1.82, 2.24) is 29.7 Å². The molecule has 1 aromatic carbocycles. The Labute approximate surface area is 212 Å². The van der Waals surface area contributed by atoms with Gasteiger partial charge in [0.15, 0.2) is 5.65 Å². The molecule has 0 aliphatic carbocycles. The second-order valence-corrected chi connectivity index (χ2v) is 9.30. The number of fused-ring (bicyclic) bond motifs is 1. The van der Waals surface area contributed by atoms with Crippen molar-refractivity contribution in [3.05, 3.63) is 89.8 Å². The molecule has 1 fully saturated rings. The van der Waals surface area contributed by atoms with Crippen LogP contribution in [0.2, 0.25) is 0 Å². The highest BCUT2D eigenvalue weighted by Crippen LogP contribution is 2.29. The minimum Gasteiger partial charge on any atom is -0.375 e. The molecule has 0 unspecified atom stereocenters. The van der Waals surface area contributed by atoms with E-state index < -0.39 is 0 Å². The summed E-state index contributed by atoms with van der Waals surface area (Å²) in [4.78, 5) is 12.5. The summed E-state index contributed by atoms with van der Waals surface area (Å²) in [5.74, 6) is 0.367. The number of nitrogens with one attached hydrogen (secondary N) is 1. The van der Waals surface area contributed by atoms with Crippen LogP contribution in [0.3, 0.4) is 0 Å². The maximum atomic E-state index is 5.19. The summed E-state index contributed by atoms with van der Waals surface area (Å²) >= 11 is 0. The van der Waals surface area contributed by atoms with Gasteiger partial charge in [0.25, 0.3) is 0 Å². The van der Waals surface area contributed by atoms with Crippen LogP contribution in [0.5, 0.6) is 0 Å². The van der Waals surface area contributed by atoms with Gasteiger partial charge in [-0.05, 0) is 43.0 Å². The van der Waals surface area contributed by atoms with Crippen LogP contribution in [0, 0.1) is 0 Å². The number of aromatic nitrogens is 5. The highest BCUT2D eigenvalue weighted by molar-refractivity contribution is 5.77. The zero-order chi connectivity index (χ0) is 24.9. The minimum atomic E-state index is 0.367. The summed E-state index contributed by atoms with van der Waals surface area (Å²) in [6.07, 6.45) is 12.3. The first-order chi connectivity index (χ1) is 17.7. The molecule has 0 spiro atoms. The number of benzene rings is 1. The monoisotopic (exact) mass is 478 g/mol. The first kappa shape index (κ1) is 23.8. The molecule has 0 atom stereocenters. The van der Waals surface area contributed by atoms with Gasteiger partial charge in [0, 0.05) is 53.8 Å². The van der Waals surface area contributed by atoms with E-state index in [1.54, 1.807) is 4.63 Å². The van der Waals surface area contributed by atoms with E-state index >= 15 is 0 Å². The van der Waals surface area contributed by atoms with E-state index in [0.717, 1.165) is 77.7 Å². The van der Waals surface area contributed by atoms with Crippen LogP contribution < -0.4 is 5.22 Å². The highest BCUT2D eigenvalue weighted by atomic mass is 15.4. The van der Waals surface area contributed by atoms with Crippen molar-refractivity contribution >= 4 is 12.2 Å². The second kappa shape index (κ2) is 10.8. The van der Waals surface area contributed by atoms with Crippen molar-refractivity contribution in [2.75, 3.05) is 13.1 Å². The number of likely N-dealkylation sites (tertiary alicyclic amines) is 1. The van der Waals surface area contributed by atoms with Crippen molar-refractivity contribution in [2.45, 2.75) is 45.4 Å². The molecule has 0 bridgehead atoms. The molecule has 184 valence electrons. The molecule has 3 aromatic heterocycles. The molecule has 4 aromatic rings. The Balaban J connectivity index is 1.49. The smallest absolute Gasteiger partial charge is 0.181 e. The Morgan fingerprint density at radius 2 is 1.83 bits per heavy atom. The van der Waals surface area contributed by atoms with Crippen LogP contribution in [-0.4, -0.2) is 42.8 Å². The first-order valence-corrected chi connectivity index (χ1v) is 12.9. The molecule has 6 nitrogen and oxygen atoms in total. The van der Waals surface area contributed by atoms with E-state index in [2.05, 4.69) is 65.9 Å². The van der Waals surface area contributed by atoms with E-state index in [9.17, 15) is 0 Å². The van der Waals surface area contributed by atoms with Gasteiger partial charge in [-0.1, -0.05) is 62.9 Å². The average molecular weight is 479 g/mol. The molecule has 36 heavy (non-hydrogen) atoms.